The Balaban J connectivity index is 2.18. The lowest BCUT2D eigenvalue weighted by Crippen LogP contribution is -2.51. The molecule has 6 nitrogen and oxygen atoms in total. The van der Waals surface area contributed by atoms with Crippen LogP contribution in [0.15, 0.2) is 30.6 Å². The predicted octanol–water partition coefficient (Wildman–Crippen LogP) is 1.50. The molecule has 1 amide bonds. The Bertz CT molecular complexity index is 632. The number of aromatic nitrogens is 2. The molecule has 2 atom stereocenters. The van der Waals surface area contributed by atoms with Crippen molar-refractivity contribution in [1.29, 1.82) is 0 Å². The fourth-order valence-corrected chi connectivity index (χ4v) is 2.55. The van der Waals surface area contributed by atoms with Gasteiger partial charge in [0.15, 0.2) is 0 Å². The SMILES string of the molecule is COCC(C)(CCO)NC(=O)C(C)n1cnc2ccccc21. The van der Waals surface area contributed by atoms with Crippen LogP contribution in [0.25, 0.3) is 11.0 Å². The minimum atomic E-state index is -0.592. The summed E-state index contributed by atoms with van der Waals surface area (Å²) in [7, 11) is 1.58. The number of carbonyl (C=O) groups is 1. The van der Waals surface area contributed by atoms with Gasteiger partial charge in [0, 0.05) is 13.7 Å². The minimum Gasteiger partial charge on any atom is -0.396 e. The van der Waals surface area contributed by atoms with Gasteiger partial charge in [-0.1, -0.05) is 12.1 Å². The maximum absolute atomic E-state index is 12.6. The number of ether oxygens (including phenoxy) is 1. The van der Waals surface area contributed by atoms with Gasteiger partial charge in [0.05, 0.1) is 29.5 Å². The van der Waals surface area contributed by atoms with E-state index >= 15 is 0 Å². The topological polar surface area (TPSA) is 76.4 Å². The zero-order chi connectivity index (χ0) is 16.2. The second kappa shape index (κ2) is 6.89. The van der Waals surface area contributed by atoms with Crippen LogP contribution in [0.3, 0.4) is 0 Å². The fourth-order valence-electron chi connectivity index (χ4n) is 2.55. The standard InChI is InChI=1S/C16H23N3O3/c1-12(15(21)18-16(2,8-9-20)10-22-3)19-11-17-13-6-4-5-7-14(13)19/h4-7,11-12,20H,8-10H2,1-3H3,(H,18,21). The molecular weight excluding hydrogens is 282 g/mol. The summed E-state index contributed by atoms with van der Waals surface area (Å²) in [5, 5.41) is 12.2. The molecule has 1 heterocycles. The molecule has 0 saturated heterocycles. The molecule has 0 spiro atoms. The summed E-state index contributed by atoms with van der Waals surface area (Å²) < 4.78 is 7.00. The van der Waals surface area contributed by atoms with Gasteiger partial charge < -0.3 is 19.7 Å². The van der Waals surface area contributed by atoms with Gasteiger partial charge >= 0.3 is 0 Å². The van der Waals surface area contributed by atoms with Crippen LogP contribution < -0.4 is 5.32 Å². The highest BCUT2D eigenvalue weighted by Gasteiger charge is 2.28. The maximum atomic E-state index is 12.6. The summed E-state index contributed by atoms with van der Waals surface area (Å²) in [4.78, 5) is 16.9. The van der Waals surface area contributed by atoms with Crippen molar-refractivity contribution in [2.45, 2.75) is 31.8 Å². The number of imidazole rings is 1. The van der Waals surface area contributed by atoms with Crippen molar-refractivity contribution < 1.29 is 14.6 Å². The molecule has 1 aromatic carbocycles. The maximum Gasteiger partial charge on any atom is 0.243 e. The van der Waals surface area contributed by atoms with Crippen LogP contribution in [0.2, 0.25) is 0 Å². The van der Waals surface area contributed by atoms with Crippen LogP contribution in [-0.4, -0.2) is 46.4 Å². The van der Waals surface area contributed by atoms with Crippen LogP contribution in [0.4, 0.5) is 0 Å². The molecule has 0 aliphatic rings. The molecule has 22 heavy (non-hydrogen) atoms. The van der Waals surface area contributed by atoms with Gasteiger partial charge in [0.1, 0.15) is 6.04 Å². The van der Waals surface area contributed by atoms with Gasteiger partial charge in [-0.25, -0.2) is 4.98 Å². The summed E-state index contributed by atoms with van der Waals surface area (Å²) in [6.07, 6.45) is 2.11. The zero-order valence-electron chi connectivity index (χ0n) is 13.2. The van der Waals surface area contributed by atoms with Gasteiger partial charge in [-0.2, -0.15) is 0 Å². The van der Waals surface area contributed by atoms with Crippen molar-refractivity contribution in [3.8, 4) is 0 Å². The highest BCUT2D eigenvalue weighted by Crippen LogP contribution is 2.19. The van der Waals surface area contributed by atoms with Gasteiger partial charge in [-0.3, -0.25) is 4.79 Å². The first-order valence-corrected chi connectivity index (χ1v) is 7.34. The Morgan fingerprint density at radius 2 is 2.23 bits per heavy atom. The van der Waals surface area contributed by atoms with Crippen molar-refractivity contribution in [2.24, 2.45) is 0 Å². The van der Waals surface area contributed by atoms with Crippen molar-refractivity contribution >= 4 is 16.9 Å². The quantitative estimate of drug-likeness (QED) is 0.813. The number of methoxy groups -OCH3 is 1. The monoisotopic (exact) mass is 305 g/mol. The predicted molar refractivity (Wildman–Crippen MR) is 84.6 cm³/mol. The molecule has 0 fully saturated rings. The molecule has 2 N–H and O–H groups in total. The zero-order valence-corrected chi connectivity index (χ0v) is 13.2. The van der Waals surface area contributed by atoms with Crippen LogP contribution in [-0.2, 0) is 9.53 Å². The smallest absolute Gasteiger partial charge is 0.243 e. The van der Waals surface area contributed by atoms with E-state index < -0.39 is 11.6 Å². The molecule has 1 aromatic heterocycles. The normalized spacial score (nSPS) is 15.5. The Kier molecular flexibility index (Phi) is 5.15. The van der Waals surface area contributed by atoms with Crippen LogP contribution in [0, 0.1) is 0 Å². The largest absolute Gasteiger partial charge is 0.396 e. The average molecular weight is 305 g/mol. The molecule has 120 valence electrons. The average Bonchev–Trinajstić information content (AvgIpc) is 2.90. The highest BCUT2D eigenvalue weighted by molar-refractivity contribution is 5.84. The summed E-state index contributed by atoms with van der Waals surface area (Å²) in [5.41, 5.74) is 1.18. The van der Waals surface area contributed by atoms with Gasteiger partial charge in [0.2, 0.25) is 5.91 Å². The third-order valence-corrected chi connectivity index (χ3v) is 3.83. The third kappa shape index (κ3) is 3.45. The Morgan fingerprint density at radius 1 is 1.50 bits per heavy atom. The first-order valence-electron chi connectivity index (χ1n) is 7.34. The van der Waals surface area contributed by atoms with E-state index in [2.05, 4.69) is 10.3 Å². The third-order valence-electron chi connectivity index (χ3n) is 3.83. The first-order chi connectivity index (χ1) is 10.5. The minimum absolute atomic E-state index is 0.0114. The number of rotatable bonds is 7. The lowest BCUT2D eigenvalue weighted by molar-refractivity contribution is -0.126. The molecule has 2 aromatic rings. The van der Waals surface area contributed by atoms with Crippen LogP contribution >= 0.6 is 0 Å². The summed E-state index contributed by atoms with van der Waals surface area (Å²) in [6.45, 7) is 4.03. The number of aliphatic hydroxyl groups excluding tert-OH is 1. The van der Waals surface area contributed by atoms with E-state index in [9.17, 15) is 9.90 Å². The molecule has 0 bridgehead atoms. The number of para-hydroxylation sites is 2. The Morgan fingerprint density at radius 3 is 2.91 bits per heavy atom. The molecule has 0 saturated carbocycles. The van der Waals surface area contributed by atoms with E-state index in [0.29, 0.717) is 13.0 Å². The van der Waals surface area contributed by atoms with Crippen molar-refractivity contribution in [3.63, 3.8) is 0 Å². The molecule has 0 aliphatic heterocycles. The van der Waals surface area contributed by atoms with Gasteiger partial charge in [-0.05, 0) is 32.4 Å². The number of hydrogen-bond donors (Lipinski definition) is 2. The van der Waals surface area contributed by atoms with E-state index in [1.807, 2.05) is 42.7 Å². The molecule has 6 heteroatoms. The number of benzene rings is 1. The second-order valence-corrected chi connectivity index (χ2v) is 5.77. The molecular formula is C16H23N3O3. The Labute approximate surface area is 130 Å². The van der Waals surface area contributed by atoms with Crippen molar-refractivity contribution in [2.75, 3.05) is 20.3 Å². The Hall–Kier alpha value is -1.92. The van der Waals surface area contributed by atoms with E-state index in [1.54, 1.807) is 13.4 Å². The van der Waals surface area contributed by atoms with Crippen LogP contribution in [0.1, 0.15) is 26.3 Å². The van der Waals surface area contributed by atoms with E-state index in [-0.39, 0.29) is 12.5 Å². The number of nitrogens with zero attached hydrogens (tertiary/aromatic N) is 2. The van der Waals surface area contributed by atoms with E-state index in [4.69, 9.17) is 4.74 Å². The number of hydrogen-bond acceptors (Lipinski definition) is 4. The summed E-state index contributed by atoms with van der Waals surface area (Å²) in [6, 6.07) is 7.29. The van der Waals surface area contributed by atoms with Gasteiger partial charge in [-0.15, -0.1) is 0 Å². The molecule has 2 rings (SSSR count). The second-order valence-electron chi connectivity index (χ2n) is 5.77. The first kappa shape index (κ1) is 16.5. The molecule has 0 aliphatic carbocycles. The van der Waals surface area contributed by atoms with Crippen molar-refractivity contribution in [3.05, 3.63) is 30.6 Å². The molecule has 0 radical (unpaired) electrons. The lowest BCUT2D eigenvalue weighted by Gasteiger charge is -2.31. The number of carbonyl (C=O) groups excluding carboxylic acids is 1. The summed E-state index contributed by atoms with van der Waals surface area (Å²) in [5.74, 6) is -0.129. The van der Waals surface area contributed by atoms with Crippen molar-refractivity contribution in [1.82, 2.24) is 14.9 Å². The lowest BCUT2D eigenvalue weighted by atomic mass is 9.99. The number of fused-ring (bicyclic) bond motifs is 1. The van der Waals surface area contributed by atoms with E-state index in [0.717, 1.165) is 11.0 Å². The number of aliphatic hydroxyl groups is 1. The number of amides is 1. The molecule has 2 unspecified atom stereocenters. The van der Waals surface area contributed by atoms with Crippen LogP contribution in [0.5, 0.6) is 0 Å². The number of nitrogens with one attached hydrogen (secondary N) is 1. The van der Waals surface area contributed by atoms with E-state index in [1.165, 1.54) is 0 Å². The van der Waals surface area contributed by atoms with Gasteiger partial charge in [0.25, 0.3) is 0 Å². The fraction of sp³-hybridized carbons (Fsp3) is 0.500. The summed E-state index contributed by atoms with van der Waals surface area (Å²) >= 11 is 0. The highest BCUT2D eigenvalue weighted by atomic mass is 16.5.